The number of nitrogens with zero attached hydrogens (tertiary/aromatic N) is 3. The summed E-state index contributed by atoms with van der Waals surface area (Å²) in [7, 11) is 1.98. The van der Waals surface area contributed by atoms with Crippen LogP contribution < -0.4 is 0 Å². The Balaban J connectivity index is 2.02. The molecule has 0 aromatic carbocycles. The highest BCUT2D eigenvalue weighted by molar-refractivity contribution is 7.98. The van der Waals surface area contributed by atoms with Gasteiger partial charge in [0, 0.05) is 18.6 Å². The van der Waals surface area contributed by atoms with Crippen molar-refractivity contribution in [1.82, 2.24) is 14.5 Å². The minimum absolute atomic E-state index is 0.501. The highest BCUT2D eigenvalue weighted by atomic mass is 35.5. The molecule has 0 atom stereocenters. The van der Waals surface area contributed by atoms with Gasteiger partial charge in [0.2, 0.25) is 0 Å². The summed E-state index contributed by atoms with van der Waals surface area (Å²) in [6.45, 7) is 0. The first kappa shape index (κ1) is 11.0. The molecule has 0 aliphatic rings. The minimum atomic E-state index is 0.501. The first-order chi connectivity index (χ1) is 7.31. The number of thioether (sulfide) groups is 1. The lowest BCUT2D eigenvalue weighted by molar-refractivity contribution is 0.761. The van der Waals surface area contributed by atoms with E-state index in [1.165, 1.54) is 0 Å². The van der Waals surface area contributed by atoms with E-state index in [0.717, 1.165) is 21.6 Å². The molecule has 0 unspecified atom stereocenters. The van der Waals surface area contributed by atoms with Gasteiger partial charge in [-0.3, -0.25) is 0 Å². The molecule has 0 fully saturated rings. The van der Waals surface area contributed by atoms with Gasteiger partial charge in [0.25, 0.3) is 0 Å². The number of aromatic nitrogens is 3. The van der Waals surface area contributed by atoms with Crippen LogP contribution in [0.5, 0.6) is 0 Å². The Kier molecular flexibility index (Phi) is 3.66. The molecule has 0 bridgehead atoms. The van der Waals surface area contributed by atoms with E-state index in [-0.39, 0.29) is 0 Å². The standard InChI is InChI=1S/C9H10ClN3S2/c1-13-7(4-10)5-12-9(13)15-6-8-11-2-3-14-8/h2-3,5H,4,6H2,1H3. The fourth-order valence-corrected chi connectivity index (χ4v) is 3.00. The van der Waals surface area contributed by atoms with Crippen LogP contribution in [-0.4, -0.2) is 14.5 Å². The predicted octanol–water partition coefficient (Wildman–Crippen LogP) is 2.91. The molecule has 0 saturated heterocycles. The Morgan fingerprint density at radius 3 is 3.00 bits per heavy atom. The van der Waals surface area contributed by atoms with Crippen LogP contribution >= 0.6 is 34.7 Å². The summed E-state index contributed by atoms with van der Waals surface area (Å²) in [4.78, 5) is 8.53. The number of hydrogen-bond donors (Lipinski definition) is 0. The molecule has 0 aliphatic carbocycles. The summed E-state index contributed by atoms with van der Waals surface area (Å²) in [5, 5.41) is 4.09. The number of rotatable bonds is 4. The van der Waals surface area contributed by atoms with E-state index in [4.69, 9.17) is 11.6 Å². The molecule has 0 aliphatic heterocycles. The number of alkyl halides is 1. The van der Waals surface area contributed by atoms with Gasteiger partial charge >= 0.3 is 0 Å². The van der Waals surface area contributed by atoms with Gasteiger partial charge in [0.05, 0.1) is 23.5 Å². The zero-order chi connectivity index (χ0) is 10.7. The van der Waals surface area contributed by atoms with Crippen LogP contribution in [0.25, 0.3) is 0 Å². The summed E-state index contributed by atoms with van der Waals surface area (Å²) in [6, 6.07) is 0. The van der Waals surface area contributed by atoms with Crippen LogP contribution in [0, 0.1) is 0 Å². The zero-order valence-electron chi connectivity index (χ0n) is 8.18. The maximum Gasteiger partial charge on any atom is 0.168 e. The maximum atomic E-state index is 5.76. The molecule has 6 heteroatoms. The molecule has 80 valence electrons. The van der Waals surface area contributed by atoms with Crippen LogP contribution in [0.4, 0.5) is 0 Å². The SMILES string of the molecule is Cn1c(CCl)cnc1SCc1nccs1. The summed E-state index contributed by atoms with van der Waals surface area (Å²) in [5.74, 6) is 1.37. The van der Waals surface area contributed by atoms with E-state index in [1.807, 2.05) is 29.4 Å². The fraction of sp³-hybridized carbons (Fsp3) is 0.333. The quantitative estimate of drug-likeness (QED) is 0.625. The smallest absolute Gasteiger partial charge is 0.168 e. The molecule has 0 spiro atoms. The molecule has 2 rings (SSSR count). The molecule has 0 N–H and O–H groups in total. The highest BCUT2D eigenvalue weighted by Gasteiger charge is 2.06. The lowest BCUT2D eigenvalue weighted by Gasteiger charge is -2.01. The molecule has 0 radical (unpaired) electrons. The molecule has 2 aromatic rings. The third-order valence-electron chi connectivity index (χ3n) is 1.99. The van der Waals surface area contributed by atoms with Crippen molar-refractivity contribution < 1.29 is 0 Å². The largest absolute Gasteiger partial charge is 0.325 e. The van der Waals surface area contributed by atoms with Crippen molar-refractivity contribution >= 4 is 34.7 Å². The first-order valence-electron chi connectivity index (χ1n) is 4.39. The molecule has 2 aromatic heterocycles. The maximum absolute atomic E-state index is 5.76. The average Bonchev–Trinajstić information content (AvgIpc) is 2.85. The van der Waals surface area contributed by atoms with Crippen molar-refractivity contribution in [1.29, 1.82) is 0 Å². The lowest BCUT2D eigenvalue weighted by Crippen LogP contribution is -1.95. The zero-order valence-corrected chi connectivity index (χ0v) is 10.6. The van der Waals surface area contributed by atoms with Crippen LogP contribution in [0.15, 0.2) is 22.9 Å². The molecular weight excluding hydrogens is 250 g/mol. The van der Waals surface area contributed by atoms with Gasteiger partial charge in [0.15, 0.2) is 5.16 Å². The monoisotopic (exact) mass is 259 g/mol. The van der Waals surface area contributed by atoms with E-state index < -0.39 is 0 Å². The average molecular weight is 260 g/mol. The molecule has 3 nitrogen and oxygen atoms in total. The summed E-state index contributed by atoms with van der Waals surface area (Å²) in [5.41, 5.74) is 1.04. The predicted molar refractivity (Wildman–Crippen MR) is 64.4 cm³/mol. The van der Waals surface area contributed by atoms with Crippen molar-refractivity contribution in [3.63, 3.8) is 0 Å². The van der Waals surface area contributed by atoms with Crippen molar-refractivity contribution in [2.24, 2.45) is 7.05 Å². The van der Waals surface area contributed by atoms with Crippen molar-refractivity contribution in [2.75, 3.05) is 0 Å². The number of hydrogen-bond acceptors (Lipinski definition) is 4. The Labute approximate surface area is 102 Å². The molecule has 2 heterocycles. The van der Waals surface area contributed by atoms with E-state index in [2.05, 4.69) is 9.97 Å². The van der Waals surface area contributed by atoms with Gasteiger partial charge in [0.1, 0.15) is 5.01 Å². The number of halogens is 1. The van der Waals surface area contributed by atoms with E-state index in [0.29, 0.717) is 5.88 Å². The number of thiazole rings is 1. The molecule has 0 saturated carbocycles. The molecule has 0 amide bonds. The van der Waals surface area contributed by atoms with Crippen LogP contribution in [0.2, 0.25) is 0 Å². The van der Waals surface area contributed by atoms with Gasteiger partial charge < -0.3 is 4.57 Å². The van der Waals surface area contributed by atoms with Crippen molar-refractivity contribution in [3.8, 4) is 0 Å². The topological polar surface area (TPSA) is 30.7 Å². The van der Waals surface area contributed by atoms with Crippen LogP contribution in [0.3, 0.4) is 0 Å². The second-order valence-electron chi connectivity index (χ2n) is 2.94. The third kappa shape index (κ3) is 2.53. The lowest BCUT2D eigenvalue weighted by atomic mass is 10.5. The number of imidazole rings is 1. The second-order valence-corrected chi connectivity index (χ2v) is 5.13. The fourth-order valence-electron chi connectivity index (χ4n) is 1.13. The summed E-state index contributed by atoms with van der Waals surface area (Å²) >= 11 is 9.11. The van der Waals surface area contributed by atoms with Crippen molar-refractivity contribution in [2.45, 2.75) is 16.8 Å². The van der Waals surface area contributed by atoms with Gasteiger partial charge in [-0.15, -0.1) is 22.9 Å². The van der Waals surface area contributed by atoms with Gasteiger partial charge in [-0.1, -0.05) is 11.8 Å². The molecule has 15 heavy (non-hydrogen) atoms. The van der Waals surface area contributed by atoms with Gasteiger partial charge in [-0.05, 0) is 0 Å². The first-order valence-corrected chi connectivity index (χ1v) is 6.79. The Morgan fingerprint density at radius 2 is 2.40 bits per heavy atom. The van der Waals surface area contributed by atoms with Gasteiger partial charge in [-0.25, -0.2) is 9.97 Å². The normalized spacial score (nSPS) is 10.8. The Morgan fingerprint density at radius 1 is 1.53 bits per heavy atom. The molecular formula is C9H10ClN3S2. The Hall–Kier alpha value is -0.520. The van der Waals surface area contributed by atoms with E-state index >= 15 is 0 Å². The van der Waals surface area contributed by atoms with Crippen LogP contribution in [0.1, 0.15) is 10.7 Å². The highest BCUT2D eigenvalue weighted by Crippen LogP contribution is 2.23. The summed E-state index contributed by atoms with van der Waals surface area (Å²) < 4.78 is 2.02. The summed E-state index contributed by atoms with van der Waals surface area (Å²) in [6.07, 6.45) is 3.64. The van der Waals surface area contributed by atoms with Crippen molar-refractivity contribution in [3.05, 3.63) is 28.5 Å². The van der Waals surface area contributed by atoms with Crippen LogP contribution in [-0.2, 0) is 18.7 Å². The second kappa shape index (κ2) is 5.01. The van der Waals surface area contributed by atoms with E-state index in [9.17, 15) is 0 Å². The Bertz CT molecular complexity index is 425. The minimum Gasteiger partial charge on any atom is -0.325 e. The third-order valence-corrected chi connectivity index (χ3v) is 4.28. The van der Waals surface area contributed by atoms with Gasteiger partial charge in [-0.2, -0.15) is 0 Å². The van der Waals surface area contributed by atoms with E-state index in [1.54, 1.807) is 23.1 Å².